The number of fused-ring (bicyclic) bond motifs is 1. The van der Waals surface area contributed by atoms with Crippen LogP contribution in [0.25, 0.3) is 0 Å². The monoisotopic (exact) mass is 387 g/mol. The summed E-state index contributed by atoms with van der Waals surface area (Å²) in [5.74, 6) is -2.44. The molecule has 25 heavy (non-hydrogen) atoms. The molecule has 1 aliphatic heterocycles. The fourth-order valence-corrected chi connectivity index (χ4v) is 4.64. The summed E-state index contributed by atoms with van der Waals surface area (Å²) in [5.41, 5.74) is 0.437. The summed E-state index contributed by atoms with van der Waals surface area (Å²) in [4.78, 5) is 17.1. The first-order valence-corrected chi connectivity index (χ1v) is 9.95. The molecule has 0 saturated heterocycles. The number of thiazole rings is 1. The smallest absolute Gasteiger partial charge is 0.260 e. The van der Waals surface area contributed by atoms with Gasteiger partial charge in [0.1, 0.15) is 11.6 Å². The van der Waals surface area contributed by atoms with Gasteiger partial charge in [0.15, 0.2) is 5.13 Å². The minimum atomic E-state index is -3.29. The number of hydrogen-bond donors (Lipinski definition) is 1. The number of carbonyl (C=O) groups excluding carboxylic acids is 1. The number of nitrogens with one attached hydrogen (secondary N) is 1. The third kappa shape index (κ3) is 3.70. The summed E-state index contributed by atoms with van der Waals surface area (Å²) < 4.78 is 51.9. The largest absolute Gasteiger partial charge is 0.298 e. The Morgan fingerprint density at radius 3 is 2.84 bits per heavy atom. The van der Waals surface area contributed by atoms with Crippen molar-refractivity contribution in [3.63, 3.8) is 0 Å². The van der Waals surface area contributed by atoms with Gasteiger partial charge < -0.3 is 0 Å². The molecular formula is C15H15F2N3O3S2. The Morgan fingerprint density at radius 2 is 2.16 bits per heavy atom. The number of rotatable bonds is 4. The molecule has 2 aromatic rings. The molecule has 3 rings (SSSR count). The molecule has 0 spiro atoms. The van der Waals surface area contributed by atoms with Crippen LogP contribution in [0.5, 0.6) is 0 Å². The minimum absolute atomic E-state index is 0.0224. The van der Waals surface area contributed by atoms with E-state index in [0.717, 1.165) is 34.0 Å². The van der Waals surface area contributed by atoms with Gasteiger partial charge in [0.2, 0.25) is 10.0 Å². The number of nitrogens with zero attached hydrogens (tertiary/aromatic N) is 2. The summed E-state index contributed by atoms with van der Waals surface area (Å²) in [7, 11) is -3.29. The first kappa shape index (κ1) is 17.9. The lowest BCUT2D eigenvalue weighted by Gasteiger charge is -2.24. The molecule has 0 fully saturated rings. The summed E-state index contributed by atoms with van der Waals surface area (Å²) in [6.07, 6.45) is 0.450. The molecule has 134 valence electrons. The predicted molar refractivity (Wildman–Crippen MR) is 90.0 cm³/mol. The van der Waals surface area contributed by atoms with E-state index >= 15 is 0 Å². The second-order valence-electron chi connectivity index (χ2n) is 5.45. The minimum Gasteiger partial charge on any atom is -0.298 e. The van der Waals surface area contributed by atoms with Crippen LogP contribution >= 0.6 is 11.3 Å². The van der Waals surface area contributed by atoms with Gasteiger partial charge in [-0.2, -0.15) is 4.31 Å². The molecule has 0 aliphatic carbocycles. The molecule has 0 radical (unpaired) electrons. The normalized spacial score (nSPS) is 15.0. The van der Waals surface area contributed by atoms with Crippen LogP contribution in [0, 0.1) is 11.6 Å². The number of carbonyl (C=O) groups is 1. The molecule has 0 bridgehead atoms. The molecule has 1 aromatic heterocycles. The molecule has 0 unspecified atom stereocenters. The number of hydrogen-bond acceptors (Lipinski definition) is 5. The Hall–Kier alpha value is -1.91. The molecule has 0 saturated carbocycles. The maximum absolute atomic E-state index is 13.7. The van der Waals surface area contributed by atoms with E-state index in [1.54, 1.807) is 6.92 Å². The topological polar surface area (TPSA) is 79.4 Å². The molecular weight excluding hydrogens is 372 g/mol. The average molecular weight is 387 g/mol. The summed E-state index contributed by atoms with van der Waals surface area (Å²) in [5, 5.41) is 2.74. The maximum atomic E-state index is 13.7. The molecule has 1 aliphatic rings. The van der Waals surface area contributed by atoms with Crippen molar-refractivity contribution in [3.05, 3.63) is 46.0 Å². The Labute approximate surface area is 147 Å². The van der Waals surface area contributed by atoms with E-state index in [-0.39, 0.29) is 23.0 Å². The van der Waals surface area contributed by atoms with Gasteiger partial charge in [0.25, 0.3) is 5.91 Å². The van der Waals surface area contributed by atoms with Crippen molar-refractivity contribution in [3.8, 4) is 0 Å². The van der Waals surface area contributed by atoms with Crippen LogP contribution in [0.1, 0.15) is 27.9 Å². The highest BCUT2D eigenvalue weighted by Crippen LogP contribution is 2.30. The van der Waals surface area contributed by atoms with Crippen molar-refractivity contribution in [1.82, 2.24) is 9.29 Å². The highest BCUT2D eigenvalue weighted by atomic mass is 32.2. The molecule has 2 heterocycles. The lowest BCUT2D eigenvalue weighted by atomic mass is 10.2. The lowest BCUT2D eigenvalue weighted by molar-refractivity contribution is 0.102. The average Bonchev–Trinajstić information content (AvgIpc) is 2.95. The first-order chi connectivity index (χ1) is 11.8. The van der Waals surface area contributed by atoms with Crippen molar-refractivity contribution in [2.24, 2.45) is 0 Å². The lowest BCUT2D eigenvalue weighted by Crippen LogP contribution is -2.36. The highest BCUT2D eigenvalue weighted by molar-refractivity contribution is 7.89. The molecule has 10 heteroatoms. The van der Waals surface area contributed by atoms with E-state index in [1.165, 1.54) is 4.31 Å². The van der Waals surface area contributed by atoms with Gasteiger partial charge in [-0.05, 0) is 19.1 Å². The third-order valence-electron chi connectivity index (χ3n) is 3.85. The summed E-state index contributed by atoms with van der Waals surface area (Å²) in [6.45, 7) is 2.14. The maximum Gasteiger partial charge on any atom is 0.260 e. The molecule has 0 atom stereocenters. The SMILES string of the molecule is CCS(=O)(=O)N1CCc2nc(NC(=O)c3ccc(F)cc3F)sc2C1. The van der Waals surface area contributed by atoms with Crippen LogP contribution in [0.4, 0.5) is 13.9 Å². The van der Waals surface area contributed by atoms with Crippen LogP contribution < -0.4 is 5.32 Å². The van der Waals surface area contributed by atoms with Crippen molar-refractivity contribution in [2.75, 3.05) is 17.6 Å². The predicted octanol–water partition coefficient (Wildman–Crippen LogP) is 2.38. The van der Waals surface area contributed by atoms with Crippen molar-refractivity contribution >= 4 is 32.4 Å². The summed E-state index contributed by atoms with van der Waals surface area (Å²) >= 11 is 1.15. The Kier molecular flexibility index (Phi) is 4.85. The van der Waals surface area contributed by atoms with Crippen LogP contribution in [0.3, 0.4) is 0 Å². The number of aromatic nitrogens is 1. The Morgan fingerprint density at radius 1 is 1.40 bits per heavy atom. The molecule has 6 nitrogen and oxygen atoms in total. The second-order valence-corrected chi connectivity index (χ2v) is 8.79. The first-order valence-electron chi connectivity index (χ1n) is 7.53. The van der Waals surface area contributed by atoms with E-state index < -0.39 is 27.6 Å². The zero-order valence-electron chi connectivity index (χ0n) is 13.3. The van der Waals surface area contributed by atoms with E-state index in [2.05, 4.69) is 10.3 Å². The van der Waals surface area contributed by atoms with Crippen LogP contribution in [-0.4, -0.2) is 35.9 Å². The van der Waals surface area contributed by atoms with Crippen molar-refractivity contribution in [1.29, 1.82) is 0 Å². The Bertz CT molecular complexity index is 928. The number of benzene rings is 1. The fourth-order valence-electron chi connectivity index (χ4n) is 2.48. The van der Waals surface area contributed by atoms with Gasteiger partial charge in [-0.3, -0.25) is 10.1 Å². The Balaban J connectivity index is 1.77. The van der Waals surface area contributed by atoms with Gasteiger partial charge in [-0.15, -0.1) is 11.3 Å². The summed E-state index contributed by atoms with van der Waals surface area (Å²) in [6, 6.07) is 2.69. The molecule has 1 amide bonds. The zero-order valence-corrected chi connectivity index (χ0v) is 14.9. The molecule has 1 aromatic carbocycles. The van der Waals surface area contributed by atoms with Crippen molar-refractivity contribution in [2.45, 2.75) is 19.9 Å². The van der Waals surface area contributed by atoms with E-state index in [1.807, 2.05) is 0 Å². The zero-order chi connectivity index (χ0) is 18.2. The van der Waals surface area contributed by atoms with E-state index in [9.17, 15) is 22.0 Å². The third-order valence-corrected chi connectivity index (χ3v) is 6.68. The number of sulfonamides is 1. The highest BCUT2D eigenvalue weighted by Gasteiger charge is 2.28. The fraction of sp³-hybridized carbons (Fsp3) is 0.333. The number of amides is 1. The van der Waals surface area contributed by atoms with Gasteiger partial charge >= 0.3 is 0 Å². The standard InChI is InChI=1S/C15H15F2N3O3S2/c1-2-25(22,23)20-6-5-12-13(8-20)24-15(18-12)19-14(21)10-4-3-9(16)7-11(10)17/h3-4,7H,2,5-6,8H2,1H3,(H,18,19,21). The number of anilines is 1. The number of halogens is 2. The van der Waals surface area contributed by atoms with Gasteiger partial charge in [-0.25, -0.2) is 22.2 Å². The van der Waals surface area contributed by atoms with Gasteiger partial charge in [0, 0.05) is 30.5 Å². The molecule has 1 N–H and O–H groups in total. The second kappa shape index (κ2) is 6.77. The van der Waals surface area contributed by atoms with Gasteiger partial charge in [-0.1, -0.05) is 0 Å². The van der Waals surface area contributed by atoms with Crippen LogP contribution in [0.15, 0.2) is 18.2 Å². The van der Waals surface area contributed by atoms with Crippen LogP contribution in [-0.2, 0) is 23.0 Å². The van der Waals surface area contributed by atoms with E-state index in [4.69, 9.17) is 0 Å². The van der Waals surface area contributed by atoms with Crippen LogP contribution in [0.2, 0.25) is 0 Å². The van der Waals surface area contributed by atoms with E-state index in [0.29, 0.717) is 19.0 Å². The van der Waals surface area contributed by atoms with Gasteiger partial charge in [0.05, 0.1) is 17.0 Å². The quantitative estimate of drug-likeness (QED) is 0.874. The van der Waals surface area contributed by atoms with Crippen molar-refractivity contribution < 1.29 is 22.0 Å².